The number of para-hydroxylation sites is 2. The van der Waals surface area contributed by atoms with Gasteiger partial charge in [-0.15, -0.1) is 0 Å². The van der Waals surface area contributed by atoms with Crippen molar-refractivity contribution in [2.24, 2.45) is 0 Å². The van der Waals surface area contributed by atoms with Crippen molar-refractivity contribution >= 4 is 11.6 Å². The number of hydrogen-bond donors (Lipinski definition) is 1. The van der Waals surface area contributed by atoms with Crippen LogP contribution in [0.2, 0.25) is 0 Å². The summed E-state index contributed by atoms with van der Waals surface area (Å²) >= 11 is 0. The third-order valence-corrected chi connectivity index (χ3v) is 5.97. The molecule has 0 bridgehead atoms. The number of aliphatic hydroxyl groups is 1. The Morgan fingerprint density at radius 1 is 1.03 bits per heavy atom. The Morgan fingerprint density at radius 2 is 1.76 bits per heavy atom. The van der Waals surface area contributed by atoms with Gasteiger partial charge in [0.15, 0.2) is 0 Å². The number of ether oxygens (including phenoxy) is 1. The van der Waals surface area contributed by atoms with Crippen molar-refractivity contribution in [1.82, 2.24) is 4.90 Å². The van der Waals surface area contributed by atoms with Gasteiger partial charge in [-0.3, -0.25) is 4.79 Å². The van der Waals surface area contributed by atoms with Crippen LogP contribution in [0.15, 0.2) is 54.6 Å². The Hall–Kier alpha value is -2.53. The summed E-state index contributed by atoms with van der Waals surface area (Å²) in [6, 6.07) is 18.2. The summed E-state index contributed by atoms with van der Waals surface area (Å²) in [4.78, 5) is 17.2. The first-order chi connectivity index (χ1) is 14.2. The van der Waals surface area contributed by atoms with Crippen molar-refractivity contribution in [3.63, 3.8) is 0 Å². The first kappa shape index (κ1) is 19.8. The number of carbonyl (C=O) groups is 1. The monoisotopic (exact) mass is 394 g/mol. The standard InChI is InChI=1S/C24H30N2O3/c27-21(18-29-22-11-2-1-3-12-22)17-25-15-14-24(28)26(20-9-5-6-10-20)16-19-8-4-7-13-23(19)25/h1-4,7-8,11-13,20-21,27H,5-6,9-10,14-18H2. The third kappa shape index (κ3) is 4.91. The molecule has 0 saturated heterocycles. The van der Waals surface area contributed by atoms with E-state index in [4.69, 9.17) is 4.74 Å². The summed E-state index contributed by atoms with van der Waals surface area (Å²) in [5.74, 6) is 0.980. The zero-order chi connectivity index (χ0) is 20.1. The first-order valence-electron chi connectivity index (χ1n) is 10.7. The second-order valence-corrected chi connectivity index (χ2v) is 8.06. The molecule has 1 amide bonds. The van der Waals surface area contributed by atoms with Crippen LogP contribution in [0.1, 0.15) is 37.7 Å². The highest BCUT2D eigenvalue weighted by atomic mass is 16.5. The zero-order valence-electron chi connectivity index (χ0n) is 16.9. The average Bonchev–Trinajstić information content (AvgIpc) is 3.28. The lowest BCUT2D eigenvalue weighted by Crippen LogP contribution is -2.44. The molecule has 29 heavy (non-hydrogen) atoms. The number of nitrogens with zero attached hydrogens (tertiary/aromatic N) is 2. The van der Waals surface area contributed by atoms with Crippen LogP contribution in [0.3, 0.4) is 0 Å². The molecule has 1 aliphatic heterocycles. The number of β-amino-alcohol motifs (C(OH)–C–C–N with tert-alkyl or cyclic N) is 1. The van der Waals surface area contributed by atoms with Crippen molar-refractivity contribution in [2.75, 3.05) is 24.6 Å². The molecule has 154 valence electrons. The maximum Gasteiger partial charge on any atom is 0.224 e. The molecular weight excluding hydrogens is 364 g/mol. The van der Waals surface area contributed by atoms with E-state index in [2.05, 4.69) is 21.9 Å². The van der Waals surface area contributed by atoms with Crippen molar-refractivity contribution in [3.05, 3.63) is 60.2 Å². The summed E-state index contributed by atoms with van der Waals surface area (Å²) in [5.41, 5.74) is 2.27. The Balaban J connectivity index is 1.45. The highest BCUT2D eigenvalue weighted by Gasteiger charge is 2.30. The van der Waals surface area contributed by atoms with Gasteiger partial charge in [0.1, 0.15) is 18.5 Å². The minimum Gasteiger partial charge on any atom is -0.491 e. The normalized spacial score (nSPS) is 18.9. The number of amides is 1. The SMILES string of the molecule is O=C1CCN(CC(O)COc2ccccc2)c2ccccc2CN1C1CCCC1. The molecule has 1 saturated carbocycles. The molecule has 1 heterocycles. The molecule has 2 aliphatic rings. The van der Waals surface area contributed by atoms with Crippen molar-refractivity contribution in [3.8, 4) is 5.75 Å². The molecule has 2 aromatic carbocycles. The molecule has 2 aromatic rings. The molecule has 4 rings (SSSR count). The summed E-state index contributed by atoms with van der Waals surface area (Å²) < 4.78 is 5.71. The molecule has 5 nitrogen and oxygen atoms in total. The maximum absolute atomic E-state index is 12.9. The number of fused-ring (bicyclic) bond motifs is 1. The van der Waals surface area contributed by atoms with E-state index in [0.29, 0.717) is 32.1 Å². The lowest BCUT2D eigenvalue weighted by atomic mass is 10.1. The number of rotatable bonds is 6. The fraction of sp³-hybridized carbons (Fsp3) is 0.458. The molecule has 5 heteroatoms. The lowest BCUT2D eigenvalue weighted by Gasteiger charge is -2.36. The van der Waals surface area contributed by atoms with Crippen LogP contribution in [0.5, 0.6) is 5.75 Å². The largest absolute Gasteiger partial charge is 0.491 e. The van der Waals surface area contributed by atoms with E-state index in [1.54, 1.807) is 0 Å². The summed E-state index contributed by atoms with van der Waals surface area (Å²) in [6.45, 7) is 1.94. The summed E-state index contributed by atoms with van der Waals surface area (Å²) in [7, 11) is 0. The van der Waals surface area contributed by atoms with Gasteiger partial charge < -0.3 is 19.6 Å². The van der Waals surface area contributed by atoms with Gasteiger partial charge in [-0.2, -0.15) is 0 Å². The van der Waals surface area contributed by atoms with Crippen LogP contribution < -0.4 is 9.64 Å². The lowest BCUT2D eigenvalue weighted by molar-refractivity contribution is -0.134. The quantitative estimate of drug-likeness (QED) is 0.813. The Kier molecular flexibility index (Phi) is 6.35. The number of hydrogen-bond acceptors (Lipinski definition) is 4. The zero-order valence-corrected chi connectivity index (χ0v) is 16.9. The van der Waals surface area contributed by atoms with Crippen LogP contribution in [-0.2, 0) is 11.3 Å². The molecule has 0 radical (unpaired) electrons. The van der Waals surface area contributed by atoms with Crippen LogP contribution in [0.4, 0.5) is 5.69 Å². The van der Waals surface area contributed by atoms with Crippen LogP contribution in [0.25, 0.3) is 0 Å². The van der Waals surface area contributed by atoms with E-state index in [0.717, 1.165) is 29.8 Å². The fourth-order valence-corrected chi connectivity index (χ4v) is 4.47. The highest BCUT2D eigenvalue weighted by molar-refractivity contribution is 5.78. The molecule has 1 N–H and O–H groups in total. The van der Waals surface area contributed by atoms with E-state index in [1.165, 1.54) is 12.8 Å². The van der Waals surface area contributed by atoms with Gasteiger partial charge in [-0.1, -0.05) is 49.2 Å². The average molecular weight is 395 g/mol. The van der Waals surface area contributed by atoms with E-state index in [-0.39, 0.29) is 12.5 Å². The maximum atomic E-state index is 12.9. The van der Waals surface area contributed by atoms with Crippen molar-refractivity contribution in [1.29, 1.82) is 0 Å². The predicted molar refractivity (Wildman–Crippen MR) is 114 cm³/mol. The van der Waals surface area contributed by atoms with Crippen molar-refractivity contribution < 1.29 is 14.6 Å². The Morgan fingerprint density at radius 3 is 2.55 bits per heavy atom. The second-order valence-electron chi connectivity index (χ2n) is 8.06. The molecular formula is C24H30N2O3. The molecule has 1 aliphatic carbocycles. The van der Waals surface area contributed by atoms with Gasteiger partial charge in [-0.25, -0.2) is 0 Å². The molecule has 1 unspecified atom stereocenters. The smallest absolute Gasteiger partial charge is 0.224 e. The number of aliphatic hydroxyl groups excluding tert-OH is 1. The number of benzene rings is 2. The Bertz CT molecular complexity index is 805. The minimum atomic E-state index is -0.635. The highest BCUT2D eigenvalue weighted by Crippen LogP contribution is 2.30. The van der Waals surface area contributed by atoms with Gasteiger partial charge in [0.2, 0.25) is 5.91 Å². The van der Waals surface area contributed by atoms with Gasteiger partial charge in [-0.05, 0) is 36.6 Å². The molecule has 0 aromatic heterocycles. The van der Waals surface area contributed by atoms with Gasteiger partial charge in [0.05, 0.1) is 0 Å². The first-order valence-corrected chi connectivity index (χ1v) is 10.7. The summed E-state index contributed by atoms with van der Waals surface area (Å²) in [5, 5.41) is 10.6. The van der Waals surface area contributed by atoms with E-state index in [1.807, 2.05) is 42.5 Å². The van der Waals surface area contributed by atoms with Gasteiger partial charge in [0, 0.05) is 37.8 Å². The van der Waals surface area contributed by atoms with Crippen LogP contribution in [-0.4, -0.2) is 47.8 Å². The van der Waals surface area contributed by atoms with Crippen molar-refractivity contribution in [2.45, 2.75) is 50.8 Å². The van der Waals surface area contributed by atoms with Crippen LogP contribution in [0, 0.1) is 0 Å². The number of carbonyl (C=O) groups excluding carboxylic acids is 1. The fourth-order valence-electron chi connectivity index (χ4n) is 4.47. The molecule has 1 fully saturated rings. The predicted octanol–water partition coefficient (Wildman–Crippen LogP) is 3.61. The second kappa shape index (κ2) is 9.31. The number of anilines is 1. The van der Waals surface area contributed by atoms with Gasteiger partial charge >= 0.3 is 0 Å². The summed E-state index contributed by atoms with van der Waals surface area (Å²) in [6.07, 6.45) is 4.52. The topological polar surface area (TPSA) is 53.0 Å². The molecule has 0 spiro atoms. The minimum absolute atomic E-state index is 0.227. The molecule has 1 atom stereocenters. The van der Waals surface area contributed by atoms with Gasteiger partial charge in [0.25, 0.3) is 0 Å². The van der Waals surface area contributed by atoms with E-state index < -0.39 is 6.10 Å². The van der Waals surface area contributed by atoms with E-state index in [9.17, 15) is 9.90 Å². The van der Waals surface area contributed by atoms with Crippen LogP contribution >= 0.6 is 0 Å². The Labute approximate surface area is 172 Å². The van der Waals surface area contributed by atoms with E-state index >= 15 is 0 Å². The third-order valence-electron chi connectivity index (χ3n) is 5.97.